The Morgan fingerprint density at radius 2 is 2.36 bits per heavy atom. The number of fused-ring (bicyclic) bond motifs is 1. The van der Waals surface area contributed by atoms with Crippen molar-refractivity contribution in [3.8, 4) is 0 Å². The molecule has 4 nitrogen and oxygen atoms in total. The molecule has 0 aromatic carbocycles. The molecule has 3 N–H and O–H groups in total. The summed E-state index contributed by atoms with van der Waals surface area (Å²) in [6.45, 7) is 0. The fraction of sp³-hybridized carbons (Fsp3) is 0.400. The van der Waals surface area contributed by atoms with Gasteiger partial charge in [-0.05, 0) is 24.5 Å². The maximum Gasteiger partial charge on any atom is 0.267 e. The first kappa shape index (κ1) is 9.15. The van der Waals surface area contributed by atoms with Crippen LogP contribution in [0.15, 0.2) is 12.1 Å². The molecular formula is C10H12N2O2. The van der Waals surface area contributed by atoms with E-state index in [1.165, 1.54) is 0 Å². The van der Waals surface area contributed by atoms with Crippen molar-refractivity contribution in [1.82, 2.24) is 4.98 Å². The normalized spacial score (nSPS) is 20.2. The van der Waals surface area contributed by atoms with Gasteiger partial charge in [-0.1, -0.05) is 6.07 Å². The van der Waals surface area contributed by atoms with Gasteiger partial charge in [0.15, 0.2) is 0 Å². The Bertz CT molecular complexity index is 376. The van der Waals surface area contributed by atoms with Gasteiger partial charge in [0.05, 0.1) is 6.10 Å². The first-order chi connectivity index (χ1) is 6.66. The summed E-state index contributed by atoms with van der Waals surface area (Å²) in [5.74, 6) is -0.501. The standard InChI is InChI=1S/C10H12N2O2/c11-10(14)9-3-1-6-5-7(13)2-4-8(6)12-9/h1,3,7,13H,2,4-5H2,(H2,11,14). The third kappa shape index (κ3) is 1.61. The third-order valence-electron chi connectivity index (χ3n) is 2.49. The van der Waals surface area contributed by atoms with Gasteiger partial charge in [-0.2, -0.15) is 0 Å². The van der Waals surface area contributed by atoms with Crippen LogP contribution in [0, 0.1) is 0 Å². The molecule has 0 bridgehead atoms. The van der Waals surface area contributed by atoms with Crippen LogP contribution in [0.3, 0.4) is 0 Å². The molecule has 1 aliphatic rings. The molecule has 1 aromatic rings. The number of pyridine rings is 1. The third-order valence-corrected chi connectivity index (χ3v) is 2.49. The number of nitrogens with two attached hydrogens (primary N) is 1. The van der Waals surface area contributed by atoms with Crippen LogP contribution in [0.2, 0.25) is 0 Å². The predicted octanol–water partition coefficient (Wildman–Crippen LogP) is 0.0301. The van der Waals surface area contributed by atoms with E-state index in [4.69, 9.17) is 5.73 Å². The monoisotopic (exact) mass is 192 g/mol. The highest BCUT2D eigenvalue weighted by molar-refractivity contribution is 5.90. The highest BCUT2D eigenvalue weighted by atomic mass is 16.3. The number of aliphatic hydroxyl groups excluding tert-OH is 1. The van der Waals surface area contributed by atoms with Gasteiger partial charge in [0.25, 0.3) is 5.91 Å². The fourth-order valence-electron chi connectivity index (χ4n) is 1.73. The second-order valence-electron chi connectivity index (χ2n) is 3.56. The summed E-state index contributed by atoms with van der Waals surface area (Å²) in [5.41, 5.74) is 7.35. The minimum absolute atomic E-state index is 0.274. The van der Waals surface area contributed by atoms with E-state index in [2.05, 4.69) is 4.98 Å². The number of aryl methyl sites for hydroxylation is 1. The van der Waals surface area contributed by atoms with Crippen molar-refractivity contribution in [1.29, 1.82) is 0 Å². The summed E-state index contributed by atoms with van der Waals surface area (Å²) in [6, 6.07) is 3.43. The molecule has 0 aliphatic heterocycles. The van der Waals surface area contributed by atoms with E-state index in [-0.39, 0.29) is 6.10 Å². The van der Waals surface area contributed by atoms with Crippen LogP contribution >= 0.6 is 0 Å². The second-order valence-corrected chi connectivity index (χ2v) is 3.56. The number of hydrogen-bond acceptors (Lipinski definition) is 3. The van der Waals surface area contributed by atoms with Crippen LogP contribution in [-0.2, 0) is 12.8 Å². The van der Waals surface area contributed by atoms with E-state index < -0.39 is 5.91 Å². The molecule has 0 spiro atoms. The predicted molar refractivity (Wildman–Crippen MR) is 50.8 cm³/mol. The van der Waals surface area contributed by atoms with Gasteiger partial charge in [-0.15, -0.1) is 0 Å². The Morgan fingerprint density at radius 3 is 3.07 bits per heavy atom. The van der Waals surface area contributed by atoms with Gasteiger partial charge < -0.3 is 10.8 Å². The molecule has 0 radical (unpaired) electrons. The molecule has 4 heteroatoms. The number of carbonyl (C=O) groups excluding carboxylic acids is 1. The minimum Gasteiger partial charge on any atom is -0.393 e. The maximum absolute atomic E-state index is 10.9. The van der Waals surface area contributed by atoms with Crippen molar-refractivity contribution in [2.45, 2.75) is 25.4 Å². The number of aliphatic hydroxyl groups is 1. The van der Waals surface area contributed by atoms with Gasteiger partial charge in [-0.25, -0.2) is 4.98 Å². The van der Waals surface area contributed by atoms with Gasteiger partial charge in [0.2, 0.25) is 0 Å². The molecule has 1 unspecified atom stereocenters. The first-order valence-corrected chi connectivity index (χ1v) is 4.63. The van der Waals surface area contributed by atoms with Crippen LogP contribution < -0.4 is 5.73 Å². The van der Waals surface area contributed by atoms with Crippen molar-refractivity contribution in [2.75, 3.05) is 0 Å². The summed E-state index contributed by atoms with van der Waals surface area (Å²) >= 11 is 0. The molecule has 1 atom stereocenters. The van der Waals surface area contributed by atoms with Crippen LogP contribution in [-0.4, -0.2) is 22.1 Å². The lowest BCUT2D eigenvalue weighted by atomic mass is 9.93. The number of amides is 1. The Labute approximate surface area is 81.8 Å². The quantitative estimate of drug-likeness (QED) is 0.659. The minimum atomic E-state index is -0.501. The average molecular weight is 192 g/mol. The first-order valence-electron chi connectivity index (χ1n) is 4.63. The Hall–Kier alpha value is -1.42. The lowest BCUT2D eigenvalue weighted by molar-refractivity contribution is 0.0995. The highest BCUT2D eigenvalue weighted by Crippen LogP contribution is 2.19. The largest absolute Gasteiger partial charge is 0.393 e. The van der Waals surface area contributed by atoms with Crippen molar-refractivity contribution in [2.24, 2.45) is 5.73 Å². The van der Waals surface area contributed by atoms with Gasteiger partial charge in [0, 0.05) is 12.1 Å². The second kappa shape index (κ2) is 3.38. The molecule has 1 aromatic heterocycles. The van der Waals surface area contributed by atoms with Crippen molar-refractivity contribution >= 4 is 5.91 Å². The fourth-order valence-corrected chi connectivity index (χ4v) is 1.73. The van der Waals surface area contributed by atoms with Gasteiger partial charge in [0.1, 0.15) is 5.69 Å². The zero-order valence-corrected chi connectivity index (χ0v) is 7.73. The van der Waals surface area contributed by atoms with Crippen molar-refractivity contribution in [3.63, 3.8) is 0 Å². The number of rotatable bonds is 1. The number of nitrogens with zero attached hydrogens (tertiary/aromatic N) is 1. The Kier molecular flexibility index (Phi) is 2.21. The summed E-state index contributed by atoms with van der Waals surface area (Å²) in [7, 11) is 0. The van der Waals surface area contributed by atoms with Crippen molar-refractivity contribution in [3.05, 3.63) is 29.1 Å². The molecular weight excluding hydrogens is 180 g/mol. The summed E-state index contributed by atoms with van der Waals surface area (Å²) in [6.07, 6.45) is 1.78. The van der Waals surface area contributed by atoms with E-state index in [0.29, 0.717) is 18.5 Å². The van der Waals surface area contributed by atoms with E-state index in [0.717, 1.165) is 17.7 Å². The summed E-state index contributed by atoms with van der Waals surface area (Å²) in [5, 5.41) is 9.42. The molecule has 14 heavy (non-hydrogen) atoms. The number of primary amides is 1. The van der Waals surface area contributed by atoms with Crippen LogP contribution in [0.4, 0.5) is 0 Å². The molecule has 74 valence electrons. The molecule has 1 aliphatic carbocycles. The molecule has 1 heterocycles. The number of aromatic nitrogens is 1. The molecule has 1 amide bonds. The maximum atomic E-state index is 10.9. The highest BCUT2D eigenvalue weighted by Gasteiger charge is 2.18. The van der Waals surface area contributed by atoms with Crippen LogP contribution in [0.25, 0.3) is 0 Å². The summed E-state index contributed by atoms with van der Waals surface area (Å²) < 4.78 is 0. The van der Waals surface area contributed by atoms with Crippen molar-refractivity contribution < 1.29 is 9.90 Å². The Balaban J connectivity index is 2.36. The molecule has 0 saturated carbocycles. The van der Waals surface area contributed by atoms with E-state index in [9.17, 15) is 9.90 Å². The van der Waals surface area contributed by atoms with Crippen LogP contribution in [0.1, 0.15) is 28.2 Å². The molecule has 0 saturated heterocycles. The average Bonchev–Trinajstić information content (AvgIpc) is 2.16. The van der Waals surface area contributed by atoms with Crippen LogP contribution in [0.5, 0.6) is 0 Å². The SMILES string of the molecule is NC(=O)c1ccc2c(n1)CCC(O)C2. The van der Waals surface area contributed by atoms with Gasteiger partial charge in [-0.3, -0.25) is 4.79 Å². The molecule has 2 rings (SSSR count). The number of carbonyl (C=O) groups is 1. The lowest BCUT2D eigenvalue weighted by Crippen LogP contribution is -2.22. The smallest absolute Gasteiger partial charge is 0.267 e. The zero-order chi connectivity index (χ0) is 10.1. The van der Waals surface area contributed by atoms with E-state index in [1.807, 2.05) is 6.07 Å². The van der Waals surface area contributed by atoms with E-state index in [1.54, 1.807) is 6.07 Å². The van der Waals surface area contributed by atoms with E-state index >= 15 is 0 Å². The zero-order valence-electron chi connectivity index (χ0n) is 7.73. The summed E-state index contributed by atoms with van der Waals surface area (Å²) in [4.78, 5) is 15.0. The lowest BCUT2D eigenvalue weighted by Gasteiger charge is -2.19. The Morgan fingerprint density at radius 1 is 1.57 bits per heavy atom. The molecule has 0 fully saturated rings. The topological polar surface area (TPSA) is 76.2 Å². The van der Waals surface area contributed by atoms with Gasteiger partial charge >= 0.3 is 0 Å². The number of hydrogen-bond donors (Lipinski definition) is 2.